The zero-order valence-electron chi connectivity index (χ0n) is 10.7. The highest BCUT2D eigenvalue weighted by Crippen LogP contribution is 2.24. The zero-order chi connectivity index (χ0) is 15.0. The summed E-state index contributed by atoms with van der Waals surface area (Å²) in [6, 6.07) is 5.27. The predicted octanol–water partition coefficient (Wildman–Crippen LogP) is 3.21. The van der Waals surface area contributed by atoms with Gasteiger partial charge in [0.25, 0.3) is 0 Å². The van der Waals surface area contributed by atoms with Crippen molar-refractivity contribution in [1.29, 1.82) is 0 Å². The average Bonchev–Trinajstić information content (AvgIpc) is 2.37. The Morgan fingerprint density at radius 3 is 2.70 bits per heavy atom. The lowest BCUT2D eigenvalue weighted by Gasteiger charge is -2.06. The van der Waals surface area contributed by atoms with E-state index in [0.717, 1.165) is 5.56 Å². The number of carbonyl (C=O) groups excluding carboxylic acids is 1. The number of benzene rings is 1. The van der Waals surface area contributed by atoms with Gasteiger partial charge < -0.3 is 10.4 Å². The van der Waals surface area contributed by atoms with Crippen molar-refractivity contribution in [3.05, 3.63) is 33.8 Å². The Morgan fingerprint density at radius 1 is 1.30 bits per heavy atom. The minimum absolute atomic E-state index is 0.0633. The van der Waals surface area contributed by atoms with Crippen molar-refractivity contribution >= 4 is 46.8 Å². The normalized spacial score (nSPS) is 10.3. The molecule has 20 heavy (non-hydrogen) atoms. The highest BCUT2D eigenvalue weighted by Gasteiger charge is 2.05. The van der Waals surface area contributed by atoms with Crippen LogP contribution in [0.3, 0.4) is 0 Å². The lowest BCUT2D eigenvalue weighted by atomic mass is 10.2. The minimum Gasteiger partial charge on any atom is -0.481 e. The number of carboxylic acids is 1. The Morgan fingerprint density at radius 2 is 2.05 bits per heavy atom. The van der Waals surface area contributed by atoms with Gasteiger partial charge in [0.05, 0.1) is 5.75 Å². The van der Waals surface area contributed by atoms with E-state index < -0.39 is 5.97 Å². The molecule has 1 rings (SSSR count). The quantitative estimate of drug-likeness (QED) is 0.716. The van der Waals surface area contributed by atoms with Crippen LogP contribution in [0.4, 0.5) is 0 Å². The average molecular weight is 336 g/mol. The van der Waals surface area contributed by atoms with E-state index in [9.17, 15) is 9.59 Å². The fraction of sp³-hybridized carbons (Fsp3) is 0.385. The maximum absolute atomic E-state index is 11.5. The van der Waals surface area contributed by atoms with Crippen LogP contribution in [0.5, 0.6) is 0 Å². The topological polar surface area (TPSA) is 66.4 Å². The number of aliphatic carboxylic acids is 1. The van der Waals surface area contributed by atoms with Gasteiger partial charge in [-0.3, -0.25) is 9.59 Å². The lowest BCUT2D eigenvalue weighted by Crippen LogP contribution is -2.26. The number of carboxylic acid groups (broad SMARTS) is 1. The molecule has 0 radical (unpaired) electrons. The number of thioether (sulfide) groups is 1. The van der Waals surface area contributed by atoms with E-state index >= 15 is 0 Å². The van der Waals surface area contributed by atoms with Crippen molar-refractivity contribution < 1.29 is 14.7 Å². The van der Waals surface area contributed by atoms with Crippen molar-refractivity contribution in [2.24, 2.45) is 0 Å². The van der Waals surface area contributed by atoms with Crippen LogP contribution in [0, 0.1) is 0 Å². The summed E-state index contributed by atoms with van der Waals surface area (Å²) in [5.74, 6) is -0.0265. The second-order valence-corrected chi connectivity index (χ2v) is 5.91. The van der Waals surface area contributed by atoms with Crippen LogP contribution in [0.2, 0.25) is 10.0 Å². The standard InChI is InChI=1S/C13H15Cl2NO3S/c14-10-4-3-9(11(15)6-10)7-20-8-12(17)16-5-1-2-13(18)19/h3-4,6H,1-2,5,7-8H2,(H,16,17)(H,18,19). The largest absolute Gasteiger partial charge is 0.481 e. The number of rotatable bonds is 8. The van der Waals surface area contributed by atoms with Crippen molar-refractivity contribution in [2.75, 3.05) is 12.3 Å². The van der Waals surface area contributed by atoms with E-state index in [0.29, 0.717) is 34.5 Å². The molecule has 0 saturated heterocycles. The molecule has 1 aromatic carbocycles. The molecule has 0 bridgehead atoms. The number of hydrogen-bond donors (Lipinski definition) is 2. The molecule has 0 unspecified atom stereocenters. The van der Waals surface area contributed by atoms with Crippen LogP contribution in [0.15, 0.2) is 18.2 Å². The SMILES string of the molecule is O=C(O)CCCNC(=O)CSCc1ccc(Cl)cc1Cl. The Kier molecular flexibility index (Phi) is 7.80. The molecule has 110 valence electrons. The van der Waals surface area contributed by atoms with E-state index in [4.69, 9.17) is 28.3 Å². The van der Waals surface area contributed by atoms with Crippen LogP contribution in [0.1, 0.15) is 18.4 Å². The molecule has 0 saturated carbocycles. The molecular weight excluding hydrogens is 321 g/mol. The Bertz CT molecular complexity index is 483. The van der Waals surface area contributed by atoms with Crippen molar-refractivity contribution in [3.8, 4) is 0 Å². The first-order chi connectivity index (χ1) is 9.49. The third-order valence-corrected chi connectivity index (χ3v) is 3.96. The summed E-state index contributed by atoms with van der Waals surface area (Å²) in [6.07, 6.45) is 0.503. The maximum atomic E-state index is 11.5. The third kappa shape index (κ3) is 7.03. The fourth-order valence-corrected chi connectivity index (χ4v) is 2.83. The lowest BCUT2D eigenvalue weighted by molar-refractivity contribution is -0.137. The highest BCUT2D eigenvalue weighted by atomic mass is 35.5. The van der Waals surface area contributed by atoms with E-state index in [1.54, 1.807) is 12.1 Å². The van der Waals surface area contributed by atoms with Gasteiger partial charge in [-0.25, -0.2) is 0 Å². The molecule has 7 heteroatoms. The second-order valence-electron chi connectivity index (χ2n) is 4.08. The monoisotopic (exact) mass is 335 g/mol. The smallest absolute Gasteiger partial charge is 0.303 e. The molecule has 0 aliphatic rings. The van der Waals surface area contributed by atoms with Crippen LogP contribution >= 0.6 is 35.0 Å². The van der Waals surface area contributed by atoms with Gasteiger partial charge in [0, 0.05) is 28.8 Å². The van der Waals surface area contributed by atoms with Crippen LogP contribution in [-0.4, -0.2) is 29.3 Å². The predicted molar refractivity (Wildman–Crippen MR) is 82.5 cm³/mol. The summed E-state index contributed by atoms with van der Waals surface area (Å²) >= 11 is 13.3. The molecule has 1 aromatic rings. The number of carbonyl (C=O) groups is 2. The van der Waals surface area contributed by atoms with Gasteiger partial charge in [0.15, 0.2) is 0 Å². The molecular formula is C13H15Cl2NO3S. The Balaban J connectivity index is 2.20. The summed E-state index contributed by atoms with van der Waals surface area (Å²) in [5, 5.41) is 12.3. The van der Waals surface area contributed by atoms with Crippen LogP contribution < -0.4 is 5.32 Å². The van der Waals surface area contributed by atoms with Gasteiger partial charge in [-0.05, 0) is 24.1 Å². The molecule has 0 fully saturated rings. The summed E-state index contributed by atoms with van der Waals surface area (Å²) in [4.78, 5) is 21.8. The van der Waals surface area contributed by atoms with Gasteiger partial charge in [0.1, 0.15) is 0 Å². The van der Waals surface area contributed by atoms with E-state index in [-0.39, 0.29) is 12.3 Å². The molecule has 2 N–H and O–H groups in total. The summed E-state index contributed by atoms with van der Waals surface area (Å²) in [7, 11) is 0. The number of nitrogens with one attached hydrogen (secondary N) is 1. The van der Waals surface area contributed by atoms with Crippen LogP contribution in [0.25, 0.3) is 0 Å². The summed E-state index contributed by atoms with van der Waals surface area (Å²) < 4.78 is 0. The van der Waals surface area contributed by atoms with Gasteiger partial charge in [-0.1, -0.05) is 29.3 Å². The first-order valence-electron chi connectivity index (χ1n) is 5.99. The van der Waals surface area contributed by atoms with Crippen molar-refractivity contribution in [2.45, 2.75) is 18.6 Å². The van der Waals surface area contributed by atoms with E-state index in [1.807, 2.05) is 6.07 Å². The molecule has 4 nitrogen and oxygen atoms in total. The van der Waals surface area contributed by atoms with Gasteiger partial charge >= 0.3 is 5.97 Å². The molecule has 0 heterocycles. The molecule has 0 aliphatic carbocycles. The minimum atomic E-state index is -0.856. The van der Waals surface area contributed by atoms with E-state index in [2.05, 4.69) is 5.32 Å². The molecule has 0 aliphatic heterocycles. The Labute approximate surface area is 131 Å². The number of hydrogen-bond acceptors (Lipinski definition) is 3. The van der Waals surface area contributed by atoms with Gasteiger partial charge in [-0.2, -0.15) is 0 Å². The fourth-order valence-electron chi connectivity index (χ4n) is 1.41. The molecule has 1 amide bonds. The highest BCUT2D eigenvalue weighted by molar-refractivity contribution is 7.99. The Hall–Kier alpha value is -0.910. The third-order valence-electron chi connectivity index (χ3n) is 2.40. The maximum Gasteiger partial charge on any atom is 0.303 e. The number of amides is 1. The van der Waals surface area contributed by atoms with Gasteiger partial charge in [0.2, 0.25) is 5.91 Å². The van der Waals surface area contributed by atoms with E-state index in [1.165, 1.54) is 11.8 Å². The number of halogens is 2. The van der Waals surface area contributed by atoms with Gasteiger partial charge in [-0.15, -0.1) is 11.8 Å². The molecule has 0 spiro atoms. The van der Waals surface area contributed by atoms with Crippen molar-refractivity contribution in [3.63, 3.8) is 0 Å². The first kappa shape index (κ1) is 17.1. The summed E-state index contributed by atoms with van der Waals surface area (Å²) in [5.41, 5.74) is 0.930. The second kappa shape index (κ2) is 9.10. The molecule has 0 atom stereocenters. The summed E-state index contributed by atoms with van der Waals surface area (Å²) in [6.45, 7) is 0.382. The first-order valence-corrected chi connectivity index (χ1v) is 7.90. The zero-order valence-corrected chi connectivity index (χ0v) is 13.0. The molecule has 0 aromatic heterocycles. The van der Waals surface area contributed by atoms with Crippen LogP contribution in [-0.2, 0) is 15.3 Å². The van der Waals surface area contributed by atoms with Crippen molar-refractivity contribution in [1.82, 2.24) is 5.32 Å².